The molecule has 0 bridgehead atoms. The molecule has 0 saturated carbocycles. The maximum Gasteiger partial charge on any atom is 0.0844 e. The molecular weight excluding hydrogens is 160 g/mol. The Morgan fingerprint density at radius 3 is 3.00 bits per heavy atom. The van der Waals surface area contributed by atoms with Crippen LogP contribution in [0.3, 0.4) is 0 Å². The zero-order chi connectivity index (χ0) is 8.27. The Labute approximate surface area is 71.6 Å². The Morgan fingerprint density at radius 2 is 2.45 bits per heavy atom. The highest BCUT2D eigenvalue weighted by Crippen LogP contribution is 2.22. The number of halogens is 1. The topological polar surface area (TPSA) is 25.8 Å². The SMILES string of the molecule is [CH2]CC(C)c1nnccc1Cl. The minimum absolute atomic E-state index is 0.288. The molecule has 0 aliphatic rings. The summed E-state index contributed by atoms with van der Waals surface area (Å²) >= 11 is 5.87. The maximum atomic E-state index is 5.87. The Bertz CT molecular complexity index is 237. The quantitative estimate of drug-likeness (QED) is 0.680. The van der Waals surface area contributed by atoms with Gasteiger partial charge < -0.3 is 0 Å². The molecule has 0 spiro atoms. The van der Waals surface area contributed by atoms with Crippen molar-refractivity contribution in [3.05, 3.63) is 29.9 Å². The van der Waals surface area contributed by atoms with Crippen molar-refractivity contribution in [1.82, 2.24) is 10.2 Å². The van der Waals surface area contributed by atoms with Crippen molar-refractivity contribution in [2.24, 2.45) is 0 Å². The third-order valence-corrected chi connectivity index (χ3v) is 1.92. The minimum atomic E-state index is 0.288. The van der Waals surface area contributed by atoms with E-state index in [-0.39, 0.29) is 5.92 Å². The van der Waals surface area contributed by atoms with Crippen LogP contribution in [-0.4, -0.2) is 10.2 Å². The van der Waals surface area contributed by atoms with Crippen LogP contribution in [0.2, 0.25) is 5.02 Å². The highest BCUT2D eigenvalue weighted by atomic mass is 35.5. The monoisotopic (exact) mass is 169 g/mol. The molecule has 11 heavy (non-hydrogen) atoms. The zero-order valence-corrected chi connectivity index (χ0v) is 7.17. The average Bonchev–Trinajstić information content (AvgIpc) is 2.04. The van der Waals surface area contributed by atoms with E-state index in [0.29, 0.717) is 5.02 Å². The lowest BCUT2D eigenvalue weighted by Gasteiger charge is -2.06. The van der Waals surface area contributed by atoms with Crippen molar-refractivity contribution in [1.29, 1.82) is 0 Å². The average molecular weight is 170 g/mol. The van der Waals surface area contributed by atoms with E-state index in [1.807, 2.05) is 6.92 Å². The summed E-state index contributed by atoms with van der Waals surface area (Å²) in [7, 11) is 0. The molecule has 2 nitrogen and oxygen atoms in total. The largest absolute Gasteiger partial charge is 0.159 e. The molecule has 1 rings (SSSR count). The predicted octanol–water partition coefficient (Wildman–Crippen LogP) is 2.46. The fourth-order valence-electron chi connectivity index (χ4n) is 0.798. The van der Waals surface area contributed by atoms with Gasteiger partial charge in [-0.15, -0.1) is 0 Å². The van der Waals surface area contributed by atoms with Gasteiger partial charge in [0.15, 0.2) is 0 Å². The molecule has 1 unspecified atom stereocenters. The van der Waals surface area contributed by atoms with Crippen LogP contribution < -0.4 is 0 Å². The highest BCUT2D eigenvalue weighted by molar-refractivity contribution is 6.31. The molecule has 3 heteroatoms. The third-order valence-electron chi connectivity index (χ3n) is 1.60. The molecule has 1 radical (unpaired) electrons. The smallest absolute Gasteiger partial charge is 0.0844 e. The normalized spacial score (nSPS) is 13.0. The number of hydrogen-bond acceptors (Lipinski definition) is 2. The van der Waals surface area contributed by atoms with Crippen molar-refractivity contribution in [2.45, 2.75) is 19.3 Å². The zero-order valence-electron chi connectivity index (χ0n) is 6.42. The Hall–Kier alpha value is -0.630. The molecule has 0 amide bonds. The van der Waals surface area contributed by atoms with Gasteiger partial charge in [0.25, 0.3) is 0 Å². The van der Waals surface area contributed by atoms with E-state index < -0.39 is 0 Å². The second-order valence-corrected chi connectivity index (χ2v) is 2.86. The molecule has 1 aromatic heterocycles. The first-order valence-corrected chi connectivity index (χ1v) is 3.90. The van der Waals surface area contributed by atoms with Gasteiger partial charge in [-0.05, 0) is 12.5 Å². The van der Waals surface area contributed by atoms with Crippen molar-refractivity contribution in [3.63, 3.8) is 0 Å². The summed E-state index contributed by atoms with van der Waals surface area (Å²) in [5, 5.41) is 8.36. The van der Waals surface area contributed by atoms with Crippen molar-refractivity contribution >= 4 is 11.6 Å². The van der Waals surface area contributed by atoms with Gasteiger partial charge in [0.2, 0.25) is 0 Å². The minimum Gasteiger partial charge on any atom is -0.159 e. The lowest BCUT2D eigenvalue weighted by Crippen LogP contribution is -1.97. The summed E-state index contributed by atoms with van der Waals surface area (Å²) in [6.07, 6.45) is 2.38. The number of aromatic nitrogens is 2. The third kappa shape index (κ3) is 1.90. The second kappa shape index (κ2) is 3.67. The van der Waals surface area contributed by atoms with Crippen LogP contribution in [0.1, 0.15) is 25.0 Å². The fourth-order valence-corrected chi connectivity index (χ4v) is 1.08. The molecular formula is C8H10ClN2. The van der Waals surface area contributed by atoms with Gasteiger partial charge in [-0.3, -0.25) is 0 Å². The highest BCUT2D eigenvalue weighted by Gasteiger charge is 2.08. The second-order valence-electron chi connectivity index (χ2n) is 2.45. The predicted molar refractivity (Wildman–Crippen MR) is 45.4 cm³/mol. The van der Waals surface area contributed by atoms with Crippen LogP contribution in [0.25, 0.3) is 0 Å². The van der Waals surface area contributed by atoms with Crippen molar-refractivity contribution in [2.75, 3.05) is 0 Å². The van der Waals surface area contributed by atoms with Crippen LogP contribution in [-0.2, 0) is 0 Å². The Balaban J connectivity index is 2.93. The van der Waals surface area contributed by atoms with Gasteiger partial charge in [-0.25, -0.2) is 0 Å². The standard InChI is InChI=1S/C8H10ClN2/c1-3-6(2)8-7(9)4-5-10-11-8/h4-6H,1,3H2,2H3. The molecule has 0 saturated heterocycles. The van der Waals surface area contributed by atoms with Crippen LogP contribution in [0, 0.1) is 6.92 Å². The molecule has 0 fully saturated rings. The van der Waals surface area contributed by atoms with Gasteiger partial charge in [0.1, 0.15) is 0 Å². The van der Waals surface area contributed by atoms with Gasteiger partial charge in [-0.1, -0.05) is 25.4 Å². The first kappa shape index (κ1) is 8.47. The van der Waals surface area contributed by atoms with E-state index in [9.17, 15) is 0 Å². The molecule has 1 atom stereocenters. The maximum absolute atomic E-state index is 5.87. The lowest BCUT2D eigenvalue weighted by molar-refractivity contribution is 0.724. The number of nitrogens with zero attached hydrogens (tertiary/aromatic N) is 2. The van der Waals surface area contributed by atoms with Crippen LogP contribution in [0.5, 0.6) is 0 Å². The summed E-state index contributed by atoms with van der Waals surface area (Å²) < 4.78 is 0. The summed E-state index contributed by atoms with van der Waals surface area (Å²) in [5.74, 6) is 0.288. The van der Waals surface area contributed by atoms with Crippen LogP contribution in [0.4, 0.5) is 0 Å². The molecule has 1 heterocycles. The molecule has 59 valence electrons. The number of rotatable bonds is 2. The van der Waals surface area contributed by atoms with E-state index >= 15 is 0 Å². The van der Waals surface area contributed by atoms with Gasteiger partial charge in [0, 0.05) is 5.92 Å². The molecule has 1 aromatic rings. The van der Waals surface area contributed by atoms with E-state index in [1.54, 1.807) is 12.3 Å². The summed E-state index contributed by atoms with van der Waals surface area (Å²) in [6.45, 7) is 5.81. The lowest BCUT2D eigenvalue weighted by atomic mass is 10.1. The van der Waals surface area contributed by atoms with E-state index in [0.717, 1.165) is 12.1 Å². The van der Waals surface area contributed by atoms with E-state index in [1.165, 1.54) is 0 Å². The van der Waals surface area contributed by atoms with Crippen LogP contribution >= 0.6 is 11.6 Å². The summed E-state index contributed by atoms with van der Waals surface area (Å²) in [5.41, 5.74) is 0.837. The fraction of sp³-hybridized carbons (Fsp3) is 0.375. The van der Waals surface area contributed by atoms with Crippen molar-refractivity contribution < 1.29 is 0 Å². The van der Waals surface area contributed by atoms with Crippen molar-refractivity contribution in [3.8, 4) is 0 Å². The van der Waals surface area contributed by atoms with E-state index in [4.69, 9.17) is 11.6 Å². The molecule has 0 N–H and O–H groups in total. The molecule has 0 aromatic carbocycles. The first-order chi connectivity index (χ1) is 5.25. The van der Waals surface area contributed by atoms with Gasteiger partial charge in [-0.2, -0.15) is 10.2 Å². The summed E-state index contributed by atoms with van der Waals surface area (Å²) in [6, 6.07) is 1.75. The Kier molecular flexibility index (Phi) is 2.83. The van der Waals surface area contributed by atoms with Crippen LogP contribution in [0.15, 0.2) is 12.3 Å². The van der Waals surface area contributed by atoms with Gasteiger partial charge in [0.05, 0.1) is 16.9 Å². The molecule has 0 aliphatic carbocycles. The Morgan fingerprint density at radius 1 is 1.73 bits per heavy atom. The molecule has 0 aliphatic heterocycles. The number of hydrogen-bond donors (Lipinski definition) is 0. The van der Waals surface area contributed by atoms with Gasteiger partial charge >= 0.3 is 0 Å². The summed E-state index contributed by atoms with van der Waals surface area (Å²) in [4.78, 5) is 0. The first-order valence-electron chi connectivity index (χ1n) is 3.52. The van der Waals surface area contributed by atoms with E-state index in [2.05, 4.69) is 17.1 Å².